The molecule has 19 heavy (non-hydrogen) atoms. The van der Waals surface area contributed by atoms with Gasteiger partial charge in [0.05, 0.1) is 23.2 Å². The zero-order chi connectivity index (χ0) is 14.0. The quantitative estimate of drug-likeness (QED) is 0.797. The Labute approximate surface area is 116 Å². The molecule has 1 aliphatic heterocycles. The fourth-order valence-corrected chi connectivity index (χ4v) is 4.05. The maximum absolute atomic E-state index is 13.8. The Hall–Kier alpha value is -1.14. The fraction of sp³-hybridized carbons (Fsp3) is 0.417. The van der Waals surface area contributed by atoms with Crippen LogP contribution in [0.4, 0.5) is 10.1 Å². The molecule has 1 heterocycles. The van der Waals surface area contributed by atoms with Crippen LogP contribution >= 0.6 is 11.6 Å². The normalized spacial score (nSPS) is 21.3. The molecule has 1 saturated heterocycles. The number of nitrogens with zero attached hydrogens (tertiary/aromatic N) is 1. The van der Waals surface area contributed by atoms with Crippen LogP contribution in [-0.4, -0.2) is 37.8 Å². The van der Waals surface area contributed by atoms with Gasteiger partial charge in [0.15, 0.2) is 9.84 Å². The number of amides is 1. The lowest BCUT2D eigenvalue weighted by molar-refractivity contribution is -0.116. The van der Waals surface area contributed by atoms with Gasteiger partial charge in [0.2, 0.25) is 5.91 Å². The maximum Gasteiger partial charge on any atom is 0.242 e. The number of hydrogen-bond donors (Lipinski definition) is 0. The summed E-state index contributed by atoms with van der Waals surface area (Å²) in [5, 5.41) is 0. The highest BCUT2D eigenvalue weighted by Gasteiger charge is 2.36. The van der Waals surface area contributed by atoms with Gasteiger partial charge in [-0.2, -0.15) is 0 Å². The van der Waals surface area contributed by atoms with Crippen molar-refractivity contribution in [2.45, 2.75) is 12.5 Å². The minimum absolute atomic E-state index is 0.0121. The van der Waals surface area contributed by atoms with E-state index in [1.54, 1.807) is 6.07 Å². The third-order valence-corrected chi connectivity index (χ3v) is 5.05. The summed E-state index contributed by atoms with van der Waals surface area (Å²) in [6.07, 6.45) is 0.305. The molecular weight excluding hydrogens is 293 g/mol. The van der Waals surface area contributed by atoms with Crippen molar-refractivity contribution in [2.75, 3.05) is 22.3 Å². The highest BCUT2D eigenvalue weighted by atomic mass is 35.5. The van der Waals surface area contributed by atoms with Gasteiger partial charge >= 0.3 is 0 Å². The first-order valence-corrected chi connectivity index (χ1v) is 8.13. The summed E-state index contributed by atoms with van der Waals surface area (Å²) in [6.45, 7) is 0. The number of carbonyl (C=O) groups is 1. The van der Waals surface area contributed by atoms with E-state index in [4.69, 9.17) is 11.6 Å². The number of alkyl halides is 1. The predicted molar refractivity (Wildman–Crippen MR) is 71.7 cm³/mol. The highest BCUT2D eigenvalue weighted by Crippen LogP contribution is 2.27. The van der Waals surface area contributed by atoms with Crippen molar-refractivity contribution in [2.24, 2.45) is 0 Å². The van der Waals surface area contributed by atoms with Gasteiger partial charge in [-0.3, -0.25) is 4.79 Å². The predicted octanol–water partition coefficient (Wildman–Crippen LogP) is 1.58. The summed E-state index contributed by atoms with van der Waals surface area (Å²) < 4.78 is 36.8. The van der Waals surface area contributed by atoms with Gasteiger partial charge in [-0.05, 0) is 18.6 Å². The molecule has 1 aromatic carbocycles. The van der Waals surface area contributed by atoms with Gasteiger partial charge in [0, 0.05) is 0 Å². The largest absolute Gasteiger partial charge is 0.304 e. The van der Waals surface area contributed by atoms with Crippen LogP contribution < -0.4 is 4.90 Å². The summed E-state index contributed by atoms with van der Waals surface area (Å²) >= 11 is 5.54. The fourth-order valence-electron chi connectivity index (χ4n) is 2.23. The van der Waals surface area contributed by atoms with Crippen LogP contribution in [0, 0.1) is 5.82 Å². The minimum atomic E-state index is -3.16. The Morgan fingerprint density at radius 3 is 2.63 bits per heavy atom. The molecule has 1 amide bonds. The highest BCUT2D eigenvalue weighted by molar-refractivity contribution is 7.91. The van der Waals surface area contributed by atoms with Gasteiger partial charge in [0.1, 0.15) is 11.7 Å². The molecule has 4 nitrogen and oxygen atoms in total. The molecule has 1 aliphatic rings. The topological polar surface area (TPSA) is 54.5 Å². The Kier molecular flexibility index (Phi) is 4.10. The molecule has 7 heteroatoms. The second-order valence-electron chi connectivity index (χ2n) is 4.41. The molecule has 0 bridgehead atoms. The second-order valence-corrected chi connectivity index (χ2v) is 6.90. The van der Waals surface area contributed by atoms with E-state index in [0.717, 1.165) is 0 Å². The molecular formula is C12H13ClFNO3S. The summed E-state index contributed by atoms with van der Waals surface area (Å²) in [6, 6.07) is 5.23. The van der Waals surface area contributed by atoms with Crippen molar-refractivity contribution in [1.29, 1.82) is 0 Å². The van der Waals surface area contributed by atoms with E-state index in [0.29, 0.717) is 6.42 Å². The standard InChI is InChI=1S/C12H13ClFNO3S/c13-7-12(16)15(9-5-6-19(17,18)8-9)11-4-2-1-3-10(11)14/h1-4,9H,5-8H2/t9-/m1/s1. The Morgan fingerprint density at radius 2 is 2.11 bits per heavy atom. The summed E-state index contributed by atoms with van der Waals surface area (Å²) in [7, 11) is -3.16. The Morgan fingerprint density at radius 1 is 1.42 bits per heavy atom. The number of sulfone groups is 1. The number of hydrogen-bond acceptors (Lipinski definition) is 3. The van der Waals surface area contributed by atoms with E-state index in [1.807, 2.05) is 0 Å². The van der Waals surface area contributed by atoms with Gasteiger partial charge in [-0.1, -0.05) is 12.1 Å². The molecule has 0 radical (unpaired) electrons. The van der Waals surface area contributed by atoms with Crippen molar-refractivity contribution in [3.8, 4) is 0 Å². The van der Waals surface area contributed by atoms with Crippen LogP contribution in [0.5, 0.6) is 0 Å². The van der Waals surface area contributed by atoms with Crippen LogP contribution in [0.1, 0.15) is 6.42 Å². The number of benzene rings is 1. The molecule has 104 valence electrons. The zero-order valence-corrected chi connectivity index (χ0v) is 11.6. The van der Waals surface area contributed by atoms with Crippen molar-refractivity contribution in [1.82, 2.24) is 0 Å². The average molecular weight is 306 g/mol. The summed E-state index contributed by atoms with van der Waals surface area (Å²) in [5.41, 5.74) is 0.0789. The minimum Gasteiger partial charge on any atom is -0.304 e. The van der Waals surface area contributed by atoms with Crippen molar-refractivity contribution in [3.05, 3.63) is 30.1 Å². The van der Waals surface area contributed by atoms with E-state index < -0.39 is 27.6 Å². The molecule has 1 atom stereocenters. The van der Waals surface area contributed by atoms with Crippen LogP contribution in [-0.2, 0) is 14.6 Å². The lowest BCUT2D eigenvalue weighted by Crippen LogP contribution is -2.42. The molecule has 0 aromatic heterocycles. The van der Waals surface area contributed by atoms with Crippen LogP contribution in [0.3, 0.4) is 0 Å². The Balaban J connectivity index is 2.38. The lowest BCUT2D eigenvalue weighted by atomic mass is 10.1. The van der Waals surface area contributed by atoms with Crippen LogP contribution in [0.25, 0.3) is 0 Å². The second kappa shape index (κ2) is 5.46. The third-order valence-electron chi connectivity index (χ3n) is 3.07. The maximum atomic E-state index is 13.8. The number of carbonyl (C=O) groups excluding carboxylic acids is 1. The first-order chi connectivity index (χ1) is 8.94. The molecule has 0 saturated carbocycles. The molecule has 0 spiro atoms. The smallest absolute Gasteiger partial charge is 0.242 e. The van der Waals surface area contributed by atoms with Crippen molar-refractivity contribution < 1.29 is 17.6 Å². The van der Waals surface area contributed by atoms with Crippen molar-refractivity contribution in [3.63, 3.8) is 0 Å². The van der Waals surface area contributed by atoms with Gasteiger partial charge in [-0.25, -0.2) is 12.8 Å². The first-order valence-electron chi connectivity index (χ1n) is 5.77. The molecule has 0 unspecified atom stereocenters. The van der Waals surface area contributed by atoms with Gasteiger partial charge in [0.25, 0.3) is 0 Å². The van der Waals surface area contributed by atoms with Gasteiger partial charge < -0.3 is 4.90 Å². The molecule has 1 fully saturated rings. The third kappa shape index (κ3) is 3.06. The van der Waals surface area contributed by atoms with Crippen LogP contribution in [0.15, 0.2) is 24.3 Å². The van der Waals surface area contributed by atoms with Gasteiger partial charge in [-0.15, -0.1) is 11.6 Å². The van der Waals surface area contributed by atoms with Crippen molar-refractivity contribution >= 4 is 33.0 Å². The molecule has 0 aliphatic carbocycles. The molecule has 0 N–H and O–H groups in total. The summed E-state index contributed by atoms with van der Waals surface area (Å²) in [4.78, 5) is 13.1. The molecule has 1 aromatic rings. The van der Waals surface area contributed by atoms with E-state index >= 15 is 0 Å². The van der Waals surface area contributed by atoms with Crippen LogP contribution in [0.2, 0.25) is 0 Å². The zero-order valence-electron chi connectivity index (χ0n) is 10.1. The lowest BCUT2D eigenvalue weighted by Gasteiger charge is -2.28. The first kappa shape index (κ1) is 14.3. The monoisotopic (exact) mass is 305 g/mol. The summed E-state index contributed by atoms with van der Waals surface area (Å²) in [5.74, 6) is -1.51. The van der Waals surface area contributed by atoms with E-state index in [2.05, 4.69) is 0 Å². The van der Waals surface area contributed by atoms with E-state index in [1.165, 1.54) is 23.1 Å². The SMILES string of the molecule is O=C(CCl)N(c1ccccc1F)[C@@H]1CCS(=O)(=O)C1. The average Bonchev–Trinajstić information content (AvgIpc) is 2.72. The number of rotatable bonds is 3. The number of para-hydroxylation sites is 1. The van der Waals surface area contributed by atoms with E-state index in [9.17, 15) is 17.6 Å². The van der Waals surface area contributed by atoms with E-state index in [-0.39, 0.29) is 23.1 Å². The molecule has 2 rings (SSSR count). The number of halogens is 2. The Bertz CT molecular complexity index is 590. The number of anilines is 1.